The van der Waals surface area contributed by atoms with Gasteiger partial charge < -0.3 is 19.9 Å². The van der Waals surface area contributed by atoms with Gasteiger partial charge in [0, 0.05) is 18.2 Å². The fraction of sp³-hybridized carbons (Fsp3) is 0.700. The lowest BCUT2D eigenvalue weighted by atomic mass is 9.83. The van der Waals surface area contributed by atoms with E-state index in [-0.39, 0.29) is 70.6 Å². The van der Waals surface area contributed by atoms with Gasteiger partial charge in [-0.2, -0.15) is 27.0 Å². The molecular formula is C30H49N3O4S2. The maximum Gasteiger partial charge on any atom is 0.251 e. The van der Waals surface area contributed by atoms with Crippen LogP contribution in [0.25, 0.3) is 0 Å². The van der Waals surface area contributed by atoms with Crippen LogP contribution in [0.15, 0.2) is 24.3 Å². The van der Waals surface area contributed by atoms with Crippen LogP contribution in [-0.4, -0.2) is 77.9 Å². The molecule has 0 radical (unpaired) electrons. The van der Waals surface area contributed by atoms with Crippen LogP contribution in [0.1, 0.15) is 94.5 Å². The molecule has 3 heterocycles. The average molecular weight is 580 g/mol. The van der Waals surface area contributed by atoms with Crippen molar-refractivity contribution in [2.45, 2.75) is 103 Å². The second kappa shape index (κ2) is 14.9. The molecular weight excluding hydrogens is 530 g/mol. The summed E-state index contributed by atoms with van der Waals surface area (Å²) in [7, 11) is 0. The topological polar surface area (TPSA) is 79.0 Å². The van der Waals surface area contributed by atoms with Crippen molar-refractivity contribution >= 4 is 44.6 Å². The van der Waals surface area contributed by atoms with Crippen LogP contribution in [0, 0.1) is 5.92 Å². The number of benzene rings is 1. The number of hydrogen-bond acceptors (Lipinski definition) is 5. The van der Waals surface area contributed by atoms with Gasteiger partial charge in [0.1, 0.15) is 18.7 Å². The number of carbonyl (C=O) groups excluding carboxylic acids is 3. The summed E-state index contributed by atoms with van der Waals surface area (Å²) in [6.07, 6.45) is 7.95. The van der Waals surface area contributed by atoms with E-state index in [0.29, 0.717) is 30.5 Å². The van der Waals surface area contributed by atoms with Crippen LogP contribution < -0.4 is 5.32 Å². The van der Waals surface area contributed by atoms with Gasteiger partial charge in [0.15, 0.2) is 5.78 Å². The van der Waals surface area contributed by atoms with Gasteiger partial charge in [-0.05, 0) is 88.6 Å². The molecule has 7 nitrogen and oxygen atoms in total. The van der Waals surface area contributed by atoms with Gasteiger partial charge in [0.25, 0.3) is 5.91 Å². The highest BCUT2D eigenvalue weighted by molar-refractivity contribution is 7.59. The fourth-order valence-corrected chi connectivity index (χ4v) is 6.75. The summed E-state index contributed by atoms with van der Waals surface area (Å²) >= 11 is 0. The first kappa shape index (κ1) is 33.7. The molecule has 0 aromatic heterocycles. The molecule has 1 aromatic rings. The summed E-state index contributed by atoms with van der Waals surface area (Å²) in [5.74, 6) is 0.300. The van der Waals surface area contributed by atoms with E-state index in [0.717, 1.165) is 51.6 Å². The van der Waals surface area contributed by atoms with Crippen molar-refractivity contribution in [1.29, 1.82) is 0 Å². The van der Waals surface area contributed by atoms with Crippen LogP contribution in [0.4, 0.5) is 0 Å². The molecule has 0 spiro atoms. The molecule has 2 amide bonds. The molecule has 0 bridgehead atoms. The summed E-state index contributed by atoms with van der Waals surface area (Å²) in [5.41, 5.74) is 1.88. The number of carbonyl (C=O) groups is 3. The van der Waals surface area contributed by atoms with Crippen LogP contribution in [-0.2, 0) is 14.3 Å². The zero-order valence-electron chi connectivity index (χ0n) is 22.8. The predicted octanol–water partition coefficient (Wildman–Crippen LogP) is 4.38. The molecule has 1 saturated carbocycles. The lowest BCUT2D eigenvalue weighted by Crippen LogP contribution is -2.55. The Kier molecular flexibility index (Phi) is 12.9. The Morgan fingerprint density at radius 1 is 0.923 bits per heavy atom. The monoisotopic (exact) mass is 579 g/mol. The van der Waals surface area contributed by atoms with Crippen molar-refractivity contribution < 1.29 is 19.1 Å². The number of ketones is 1. The molecule has 3 saturated heterocycles. The molecule has 0 unspecified atom stereocenters. The average Bonchev–Trinajstić information content (AvgIpc) is 3.50. The third kappa shape index (κ3) is 7.40. The van der Waals surface area contributed by atoms with E-state index in [1.54, 1.807) is 4.90 Å². The molecule has 1 aromatic carbocycles. The highest BCUT2D eigenvalue weighted by Gasteiger charge is 2.49. The summed E-state index contributed by atoms with van der Waals surface area (Å²) < 4.78 is 5.59. The molecule has 220 valence electrons. The van der Waals surface area contributed by atoms with E-state index in [4.69, 9.17) is 4.74 Å². The van der Waals surface area contributed by atoms with Crippen LogP contribution in [0.5, 0.6) is 0 Å². The third-order valence-corrected chi connectivity index (χ3v) is 8.97. The normalized spacial score (nSPS) is 24.8. The summed E-state index contributed by atoms with van der Waals surface area (Å²) in [4.78, 5) is 43.7. The molecule has 4 aliphatic rings. The molecule has 39 heavy (non-hydrogen) atoms. The molecule has 9 heteroatoms. The number of nitrogens with one attached hydrogen (secondary N) is 1. The van der Waals surface area contributed by atoms with Crippen LogP contribution >= 0.6 is 27.0 Å². The second-order valence-electron chi connectivity index (χ2n) is 11.5. The Balaban J connectivity index is 0.00000178. The number of nitrogens with zero attached hydrogens (tertiary/aromatic N) is 2. The molecule has 3 aliphatic heterocycles. The zero-order valence-corrected chi connectivity index (χ0v) is 24.8. The van der Waals surface area contributed by atoms with E-state index in [2.05, 4.69) is 36.2 Å². The lowest BCUT2D eigenvalue weighted by Gasteiger charge is -2.35. The number of piperidine rings is 1. The minimum Gasteiger partial charge on any atom is -0.368 e. The first-order valence-electron chi connectivity index (χ1n) is 14.0. The summed E-state index contributed by atoms with van der Waals surface area (Å²) in [6.45, 7) is 7.33. The fourth-order valence-electron chi connectivity index (χ4n) is 6.75. The van der Waals surface area contributed by atoms with E-state index < -0.39 is 12.1 Å². The molecule has 1 N–H and O–H groups in total. The largest absolute Gasteiger partial charge is 0.368 e. The summed E-state index contributed by atoms with van der Waals surface area (Å²) in [6, 6.07) is 7.49. The first-order valence-corrected chi connectivity index (χ1v) is 14.0. The Bertz CT molecular complexity index is 959. The molecule has 3 atom stereocenters. The second-order valence-corrected chi connectivity index (χ2v) is 11.5. The maximum atomic E-state index is 13.7. The number of fused-ring (bicyclic) bond motifs is 1. The quantitative estimate of drug-likeness (QED) is 0.541. The highest BCUT2D eigenvalue weighted by Crippen LogP contribution is 2.32. The van der Waals surface area contributed by atoms with Crippen molar-refractivity contribution in [2.75, 3.05) is 26.2 Å². The zero-order chi connectivity index (χ0) is 25.2. The van der Waals surface area contributed by atoms with Gasteiger partial charge in [0.05, 0.1) is 6.10 Å². The van der Waals surface area contributed by atoms with Gasteiger partial charge in [-0.25, -0.2) is 0 Å². The van der Waals surface area contributed by atoms with Gasteiger partial charge in [-0.3, -0.25) is 14.4 Å². The van der Waals surface area contributed by atoms with Crippen molar-refractivity contribution in [2.24, 2.45) is 5.92 Å². The standard InChI is InChI=1S/C29H41N3O4.CH4.2H2S/c1-19(2)31-15-12-21(13-16-31)20-8-10-23(11-9-20)28(34)30-26(22-6-4-3-5-7-22)29(35)32-17-14-25-27(32)24(33)18-36-25;;;/h8-11,19,21-22,25-27H,3-7,12-18H2,1-2H3,(H,30,34);1H4;2*1H2/t25-,26+,27-;;;/m1.../s1. The number of Topliss-reactive ketones (excluding diaryl/α,β-unsaturated/α-hetero) is 1. The molecule has 5 rings (SSSR count). The van der Waals surface area contributed by atoms with E-state index in [1.807, 2.05) is 12.1 Å². The van der Waals surface area contributed by atoms with Crippen molar-refractivity contribution in [1.82, 2.24) is 15.1 Å². The third-order valence-electron chi connectivity index (χ3n) is 8.97. The van der Waals surface area contributed by atoms with Gasteiger partial charge >= 0.3 is 0 Å². The van der Waals surface area contributed by atoms with E-state index in [1.165, 1.54) is 12.0 Å². The minimum atomic E-state index is -0.593. The smallest absolute Gasteiger partial charge is 0.251 e. The highest BCUT2D eigenvalue weighted by atomic mass is 32.1. The van der Waals surface area contributed by atoms with Crippen molar-refractivity contribution in [3.05, 3.63) is 35.4 Å². The Morgan fingerprint density at radius 3 is 2.18 bits per heavy atom. The lowest BCUT2D eigenvalue weighted by molar-refractivity contribution is -0.139. The van der Waals surface area contributed by atoms with E-state index in [9.17, 15) is 14.4 Å². The van der Waals surface area contributed by atoms with Gasteiger partial charge in [-0.15, -0.1) is 0 Å². The van der Waals surface area contributed by atoms with Crippen LogP contribution in [0.3, 0.4) is 0 Å². The van der Waals surface area contributed by atoms with Gasteiger partial charge in [-0.1, -0.05) is 38.8 Å². The Morgan fingerprint density at radius 2 is 1.56 bits per heavy atom. The molecule has 1 aliphatic carbocycles. The van der Waals surface area contributed by atoms with Crippen LogP contribution in [0.2, 0.25) is 0 Å². The maximum absolute atomic E-state index is 13.7. The van der Waals surface area contributed by atoms with Crippen molar-refractivity contribution in [3.8, 4) is 0 Å². The Hall–Kier alpha value is -1.55. The number of hydrogen-bond donors (Lipinski definition) is 1. The minimum absolute atomic E-state index is 0. The first-order chi connectivity index (χ1) is 17.4. The Labute approximate surface area is 248 Å². The van der Waals surface area contributed by atoms with Crippen molar-refractivity contribution in [3.63, 3.8) is 0 Å². The number of amides is 2. The number of rotatable bonds is 6. The predicted molar refractivity (Wildman–Crippen MR) is 165 cm³/mol. The number of ether oxygens (including phenoxy) is 1. The number of likely N-dealkylation sites (tertiary alicyclic amines) is 2. The molecule has 4 fully saturated rings. The van der Waals surface area contributed by atoms with E-state index >= 15 is 0 Å². The summed E-state index contributed by atoms with van der Waals surface area (Å²) in [5, 5.41) is 3.10. The SMILES string of the molecule is C.CC(C)N1CCC(c2ccc(C(=O)N[C@H](C(=O)N3CC[C@H]4OCC(=O)[C@H]43)C3CCCCC3)cc2)CC1.S.S. The van der Waals surface area contributed by atoms with Gasteiger partial charge in [0.2, 0.25) is 5.91 Å².